The van der Waals surface area contributed by atoms with Crippen LogP contribution in [0.1, 0.15) is 43.2 Å². The van der Waals surface area contributed by atoms with E-state index < -0.39 is 0 Å². The molecule has 1 aliphatic rings. The average Bonchev–Trinajstić information content (AvgIpc) is 2.53. The van der Waals surface area contributed by atoms with Crippen LogP contribution in [0.5, 0.6) is 0 Å². The van der Waals surface area contributed by atoms with Gasteiger partial charge in [-0.3, -0.25) is 0 Å². The second-order valence-corrected chi connectivity index (χ2v) is 6.01. The predicted octanol–water partition coefficient (Wildman–Crippen LogP) is 5.82. The van der Waals surface area contributed by atoms with Crippen LogP contribution in [0.2, 0.25) is 0 Å². The summed E-state index contributed by atoms with van der Waals surface area (Å²) >= 11 is 0. The molecule has 0 heterocycles. The third-order valence-electron chi connectivity index (χ3n) is 4.99. The van der Waals surface area contributed by atoms with E-state index in [1.807, 2.05) is 0 Å². The summed E-state index contributed by atoms with van der Waals surface area (Å²) in [7, 11) is 0. The fourth-order valence-electron chi connectivity index (χ4n) is 3.93. The van der Waals surface area contributed by atoms with Gasteiger partial charge < -0.3 is 0 Å². The van der Waals surface area contributed by atoms with Crippen LogP contribution in [0, 0.1) is 0 Å². The largest absolute Gasteiger partial charge is 0.0648 e. The Hall–Kier alpha value is -1.82. The molecule has 0 aromatic heterocycles. The van der Waals surface area contributed by atoms with E-state index in [4.69, 9.17) is 0 Å². The van der Waals surface area contributed by atoms with Crippen LogP contribution in [-0.4, -0.2) is 0 Å². The lowest BCUT2D eigenvalue weighted by Crippen LogP contribution is -2.09. The lowest BCUT2D eigenvalue weighted by Gasteiger charge is -2.26. The van der Waals surface area contributed by atoms with Crippen LogP contribution < -0.4 is 0 Å². The van der Waals surface area contributed by atoms with E-state index in [0.717, 1.165) is 5.92 Å². The molecule has 4 rings (SSSR count). The van der Waals surface area contributed by atoms with Gasteiger partial charge in [-0.25, -0.2) is 0 Å². The first-order valence-corrected chi connectivity index (χ1v) is 7.81. The van der Waals surface area contributed by atoms with E-state index in [1.54, 1.807) is 11.1 Å². The molecule has 1 atom stereocenters. The highest BCUT2D eigenvalue weighted by Crippen LogP contribution is 2.39. The van der Waals surface area contributed by atoms with Crippen molar-refractivity contribution in [3.63, 3.8) is 0 Å². The van der Waals surface area contributed by atoms with Crippen molar-refractivity contribution in [2.75, 3.05) is 0 Å². The normalized spacial score (nSPS) is 18.4. The molecule has 100 valence electrons. The molecule has 3 aromatic rings. The Bertz CT molecular complexity index is 782. The smallest absolute Gasteiger partial charge is 0.0102 e. The van der Waals surface area contributed by atoms with Gasteiger partial charge in [0.2, 0.25) is 0 Å². The Morgan fingerprint density at radius 3 is 2.65 bits per heavy atom. The average molecular weight is 260 g/mol. The van der Waals surface area contributed by atoms with Crippen molar-refractivity contribution in [1.82, 2.24) is 0 Å². The van der Waals surface area contributed by atoms with Gasteiger partial charge in [0.1, 0.15) is 0 Å². The molecule has 0 heteroatoms. The van der Waals surface area contributed by atoms with Crippen molar-refractivity contribution in [2.45, 2.75) is 38.5 Å². The van der Waals surface area contributed by atoms with E-state index in [0.29, 0.717) is 0 Å². The van der Waals surface area contributed by atoms with Crippen molar-refractivity contribution in [1.29, 1.82) is 0 Å². The molecule has 0 saturated heterocycles. The third kappa shape index (κ3) is 1.67. The SMILES string of the molecule is CCC1CCCc2c1ccc1c2ccc2ccccc21. The highest BCUT2D eigenvalue weighted by Gasteiger charge is 2.20. The van der Waals surface area contributed by atoms with Crippen molar-refractivity contribution in [2.24, 2.45) is 0 Å². The zero-order valence-electron chi connectivity index (χ0n) is 12.0. The monoisotopic (exact) mass is 260 g/mol. The molecule has 0 spiro atoms. The minimum absolute atomic E-state index is 0.773. The van der Waals surface area contributed by atoms with Crippen molar-refractivity contribution < 1.29 is 0 Å². The van der Waals surface area contributed by atoms with E-state index >= 15 is 0 Å². The summed E-state index contributed by atoms with van der Waals surface area (Å²) in [6.07, 6.45) is 5.23. The zero-order valence-corrected chi connectivity index (χ0v) is 12.0. The highest BCUT2D eigenvalue weighted by atomic mass is 14.2. The van der Waals surface area contributed by atoms with Crippen LogP contribution in [0.25, 0.3) is 21.5 Å². The van der Waals surface area contributed by atoms with Gasteiger partial charge in [-0.2, -0.15) is 0 Å². The Labute approximate surface area is 120 Å². The third-order valence-corrected chi connectivity index (χ3v) is 4.99. The first-order valence-electron chi connectivity index (χ1n) is 7.81. The van der Waals surface area contributed by atoms with E-state index in [1.165, 1.54) is 47.2 Å². The summed E-state index contributed by atoms with van der Waals surface area (Å²) in [5.41, 5.74) is 3.23. The molecule has 0 saturated carbocycles. The number of hydrogen-bond acceptors (Lipinski definition) is 0. The van der Waals surface area contributed by atoms with E-state index in [2.05, 4.69) is 55.5 Å². The van der Waals surface area contributed by atoms with E-state index in [9.17, 15) is 0 Å². The zero-order chi connectivity index (χ0) is 13.5. The first kappa shape index (κ1) is 12.0. The molecule has 1 aliphatic carbocycles. The molecule has 0 bridgehead atoms. The Morgan fingerprint density at radius 1 is 0.900 bits per heavy atom. The summed E-state index contributed by atoms with van der Waals surface area (Å²) in [4.78, 5) is 0. The number of fused-ring (bicyclic) bond motifs is 5. The van der Waals surface area contributed by atoms with Gasteiger partial charge in [-0.1, -0.05) is 55.5 Å². The Morgan fingerprint density at radius 2 is 1.75 bits per heavy atom. The second kappa shape index (κ2) is 4.63. The minimum atomic E-state index is 0.773. The van der Waals surface area contributed by atoms with Crippen LogP contribution in [-0.2, 0) is 6.42 Å². The molecule has 0 nitrogen and oxygen atoms in total. The van der Waals surface area contributed by atoms with Gasteiger partial charge in [0, 0.05) is 0 Å². The summed E-state index contributed by atoms with van der Waals surface area (Å²) in [5, 5.41) is 5.66. The number of aryl methyl sites for hydroxylation is 1. The van der Waals surface area contributed by atoms with Gasteiger partial charge in [0.15, 0.2) is 0 Å². The van der Waals surface area contributed by atoms with E-state index in [-0.39, 0.29) is 0 Å². The second-order valence-electron chi connectivity index (χ2n) is 6.01. The summed E-state index contributed by atoms with van der Waals surface area (Å²) in [6.45, 7) is 2.32. The Balaban J connectivity index is 2.07. The lowest BCUT2D eigenvalue weighted by atomic mass is 9.79. The lowest BCUT2D eigenvalue weighted by molar-refractivity contribution is 0.542. The molecule has 0 N–H and O–H groups in total. The fraction of sp³-hybridized carbons (Fsp3) is 0.300. The maximum Gasteiger partial charge on any atom is -0.0102 e. The molecular formula is C20H20. The summed E-state index contributed by atoms with van der Waals surface area (Å²) < 4.78 is 0. The number of hydrogen-bond donors (Lipinski definition) is 0. The summed E-state index contributed by atoms with van der Waals surface area (Å²) in [5.74, 6) is 0.773. The van der Waals surface area contributed by atoms with Crippen molar-refractivity contribution >= 4 is 21.5 Å². The van der Waals surface area contributed by atoms with Crippen LogP contribution in [0.4, 0.5) is 0 Å². The predicted molar refractivity (Wildman–Crippen MR) is 87.4 cm³/mol. The molecule has 0 amide bonds. The Kier molecular flexibility index (Phi) is 2.77. The number of benzene rings is 3. The quantitative estimate of drug-likeness (QED) is 0.483. The fourth-order valence-corrected chi connectivity index (χ4v) is 3.93. The first-order chi connectivity index (χ1) is 9.88. The van der Waals surface area contributed by atoms with Crippen LogP contribution in [0.15, 0.2) is 48.5 Å². The minimum Gasteiger partial charge on any atom is -0.0648 e. The van der Waals surface area contributed by atoms with Gasteiger partial charge in [-0.05, 0) is 64.3 Å². The highest BCUT2D eigenvalue weighted by molar-refractivity contribution is 6.08. The van der Waals surface area contributed by atoms with Crippen LogP contribution >= 0.6 is 0 Å². The molecule has 3 aromatic carbocycles. The maximum absolute atomic E-state index is 2.40. The van der Waals surface area contributed by atoms with Gasteiger partial charge in [0.05, 0.1) is 0 Å². The molecule has 0 aliphatic heterocycles. The maximum atomic E-state index is 2.40. The topological polar surface area (TPSA) is 0 Å². The molecule has 20 heavy (non-hydrogen) atoms. The van der Waals surface area contributed by atoms with Crippen LogP contribution in [0.3, 0.4) is 0 Å². The molecule has 0 radical (unpaired) electrons. The van der Waals surface area contributed by atoms with Crippen molar-refractivity contribution in [3.05, 3.63) is 59.7 Å². The van der Waals surface area contributed by atoms with Crippen molar-refractivity contribution in [3.8, 4) is 0 Å². The molecule has 0 fully saturated rings. The molecule has 1 unspecified atom stereocenters. The van der Waals surface area contributed by atoms with Gasteiger partial charge in [0.25, 0.3) is 0 Å². The molecular weight excluding hydrogens is 240 g/mol. The standard InChI is InChI=1S/C20H20/c1-2-14-7-5-9-18-17(14)12-13-19-16-8-4-3-6-15(16)10-11-20(18)19/h3-4,6,8,10-14H,2,5,7,9H2,1H3. The van der Waals surface area contributed by atoms with Gasteiger partial charge >= 0.3 is 0 Å². The van der Waals surface area contributed by atoms with Gasteiger partial charge in [-0.15, -0.1) is 0 Å². The summed E-state index contributed by atoms with van der Waals surface area (Å²) in [6, 6.07) is 18.1. The number of rotatable bonds is 1.